The summed E-state index contributed by atoms with van der Waals surface area (Å²) in [4.78, 5) is 18.6. The highest BCUT2D eigenvalue weighted by atomic mass is 16.3. The standard InChI is InChI=1S/C8H6N2.C7H5NO.C3H4N2/c1-2-4-8-7(3-1)9-5-6-10-8;1-2-4-7-6(3-1)8-5-9-7;1-2-5-3-4-1/h1-6H;1-5H;1-3H,(H,4,5). The Labute approximate surface area is 138 Å². The Bertz CT molecular complexity index is 866. The highest BCUT2D eigenvalue weighted by molar-refractivity contribution is 5.73. The molecule has 24 heavy (non-hydrogen) atoms. The molecule has 5 rings (SSSR count). The van der Waals surface area contributed by atoms with Crippen LogP contribution in [0.25, 0.3) is 22.1 Å². The van der Waals surface area contributed by atoms with Gasteiger partial charge in [0.1, 0.15) is 5.52 Å². The number of H-pyrrole nitrogens is 1. The van der Waals surface area contributed by atoms with Gasteiger partial charge in [0, 0.05) is 24.8 Å². The molecule has 0 aliphatic rings. The molecule has 0 atom stereocenters. The second-order valence-corrected chi connectivity index (χ2v) is 4.63. The maximum Gasteiger partial charge on any atom is 0.181 e. The van der Waals surface area contributed by atoms with Crippen molar-refractivity contribution in [2.75, 3.05) is 0 Å². The molecule has 0 fully saturated rings. The lowest BCUT2D eigenvalue weighted by atomic mass is 10.3. The van der Waals surface area contributed by atoms with Gasteiger partial charge in [-0.1, -0.05) is 24.3 Å². The van der Waals surface area contributed by atoms with Crippen molar-refractivity contribution in [1.29, 1.82) is 0 Å². The van der Waals surface area contributed by atoms with Gasteiger partial charge in [-0.15, -0.1) is 0 Å². The third-order valence-electron chi connectivity index (χ3n) is 3.02. The van der Waals surface area contributed by atoms with Gasteiger partial charge in [-0.05, 0) is 24.3 Å². The van der Waals surface area contributed by atoms with Crippen LogP contribution < -0.4 is 0 Å². The highest BCUT2D eigenvalue weighted by Gasteiger charge is 1.91. The number of hydrogen-bond acceptors (Lipinski definition) is 5. The smallest absolute Gasteiger partial charge is 0.181 e. The van der Waals surface area contributed by atoms with Crippen LogP contribution in [0.15, 0.2) is 90.5 Å². The Morgan fingerprint density at radius 1 is 0.708 bits per heavy atom. The molecule has 0 aliphatic carbocycles. The first-order valence-corrected chi connectivity index (χ1v) is 7.30. The van der Waals surface area contributed by atoms with E-state index in [4.69, 9.17) is 4.42 Å². The Morgan fingerprint density at radius 2 is 1.38 bits per heavy atom. The lowest BCUT2D eigenvalue weighted by Gasteiger charge is -1.90. The number of fused-ring (bicyclic) bond motifs is 2. The summed E-state index contributed by atoms with van der Waals surface area (Å²) in [5, 5.41) is 0. The molecule has 0 radical (unpaired) electrons. The molecule has 0 bridgehead atoms. The van der Waals surface area contributed by atoms with Crippen LogP contribution >= 0.6 is 0 Å². The molecular formula is C18H15N5O. The van der Waals surface area contributed by atoms with Crippen molar-refractivity contribution < 1.29 is 4.42 Å². The number of aromatic amines is 1. The molecule has 0 spiro atoms. The van der Waals surface area contributed by atoms with Gasteiger partial charge in [-0.2, -0.15) is 0 Å². The Hall–Kier alpha value is -3.54. The van der Waals surface area contributed by atoms with Crippen LogP contribution in [-0.2, 0) is 0 Å². The van der Waals surface area contributed by atoms with Crippen molar-refractivity contribution in [1.82, 2.24) is 24.9 Å². The molecule has 6 heteroatoms. The monoisotopic (exact) mass is 317 g/mol. The van der Waals surface area contributed by atoms with E-state index < -0.39 is 0 Å². The van der Waals surface area contributed by atoms with E-state index in [1.165, 1.54) is 6.39 Å². The summed E-state index contributed by atoms with van der Waals surface area (Å²) >= 11 is 0. The number of nitrogens with one attached hydrogen (secondary N) is 1. The van der Waals surface area contributed by atoms with E-state index in [9.17, 15) is 0 Å². The van der Waals surface area contributed by atoms with Gasteiger partial charge < -0.3 is 9.40 Å². The van der Waals surface area contributed by atoms with Crippen molar-refractivity contribution in [2.24, 2.45) is 0 Å². The summed E-state index contributed by atoms with van der Waals surface area (Å²) in [6.07, 6.45) is 9.93. The van der Waals surface area contributed by atoms with E-state index in [1.54, 1.807) is 31.1 Å². The average molecular weight is 317 g/mol. The van der Waals surface area contributed by atoms with Crippen molar-refractivity contribution in [3.8, 4) is 0 Å². The van der Waals surface area contributed by atoms with Crippen LogP contribution in [0, 0.1) is 0 Å². The van der Waals surface area contributed by atoms with Crippen molar-refractivity contribution in [3.05, 3.63) is 86.0 Å². The number of nitrogens with zero attached hydrogens (tertiary/aromatic N) is 4. The number of oxazole rings is 1. The van der Waals surface area contributed by atoms with Gasteiger partial charge in [0.25, 0.3) is 0 Å². The number of imidazole rings is 1. The molecule has 3 aromatic heterocycles. The summed E-state index contributed by atoms with van der Waals surface area (Å²) < 4.78 is 5.01. The first kappa shape index (κ1) is 15.4. The lowest BCUT2D eigenvalue weighted by molar-refractivity contribution is 0.602. The lowest BCUT2D eigenvalue weighted by Crippen LogP contribution is -1.78. The average Bonchev–Trinajstić information content (AvgIpc) is 3.37. The van der Waals surface area contributed by atoms with Gasteiger partial charge in [0.15, 0.2) is 12.0 Å². The van der Waals surface area contributed by atoms with Gasteiger partial charge in [0.05, 0.1) is 17.4 Å². The van der Waals surface area contributed by atoms with Crippen LogP contribution in [0.2, 0.25) is 0 Å². The predicted molar refractivity (Wildman–Crippen MR) is 92.1 cm³/mol. The number of para-hydroxylation sites is 4. The molecule has 0 aliphatic heterocycles. The second-order valence-electron chi connectivity index (χ2n) is 4.63. The van der Waals surface area contributed by atoms with E-state index in [0.717, 1.165) is 22.1 Å². The highest BCUT2D eigenvalue weighted by Crippen LogP contribution is 2.09. The number of rotatable bonds is 0. The van der Waals surface area contributed by atoms with E-state index in [0.29, 0.717) is 0 Å². The summed E-state index contributed by atoms with van der Waals surface area (Å²) in [5.41, 5.74) is 3.66. The SMILES string of the molecule is c1c[nH]cn1.c1ccc2nccnc2c1.c1ccc2ocnc2c1. The largest absolute Gasteiger partial charge is 0.443 e. The fourth-order valence-electron chi connectivity index (χ4n) is 1.93. The third-order valence-corrected chi connectivity index (χ3v) is 3.02. The molecule has 0 amide bonds. The van der Waals surface area contributed by atoms with E-state index in [-0.39, 0.29) is 0 Å². The molecule has 5 aromatic rings. The summed E-state index contributed by atoms with van der Waals surface area (Å²) in [5.74, 6) is 0. The number of hydrogen-bond donors (Lipinski definition) is 1. The summed E-state index contributed by atoms with van der Waals surface area (Å²) in [6, 6.07) is 15.5. The molecule has 3 heterocycles. The van der Waals surface area contributed by atoms with Crippen LogP contribution in [0.4, 0.5) is 0 Å². The van der Waals surface area contributed by atoms with Gasteiger partial charge >= 0.3 is 0 Å². The molecule has 118 valence electrons. The molecule has 0 unspecified atom stereocenters. The maximum atomic E-state index is 5.01. The van der Waals surface area contributed by atoms with Gasteiger partial charge in [0.2, 0.25) is 0 Å². The second kappa shape index (κ2) is 8.19. The van der Waals surface area contributed by atoms with Crippen molar-refractivity contribution in [2.45, 2.75) is 0 Å². The zero-order valence-electron chi connectivity index (χ0n) is 12.8. The van der Waals surface area contributed by atoms with Crippen LogP contribution in [0.5, 0.6) is 0 Å². The quantitative estimate of drug-likeness (QED) is 0.469. The minimum Gasteiger partial charge on any atom is -0.443 e. The van der Waals surface area contributed by atoms with Crippen molar-refractivity contribution in [3.63, 3.8) is 0 Å². The van der Waals surface area contributed by atoms with Crippen LogP contribution in [-0.4, -0.2) is 24.9 Å². The van der Waals surface area contributed by atoms with E-state index in [1.807, 2.05) is 48.5 Å². The Balaban J connectivity index is 0.000000112. The Kier molecular flexibility index (Phi) is 5.24. The summed E-state index contributed by atoms with van der Waals surface area (Å²) in [6.45, 7) is 0. The predicted octanol–water partition coefficient (Wildman–Crippen LogP) is 3.87. The first-order valence-electron chi connectivity index (χ1n) is 7.30. The van der Waals surface area contributed by atoms with Crippen molar-refractivity contribution >= 4 is 22.1 Å². The van der Waals surface area contributed by atoms with E-state index in [2.05, 4.69) is 24.9 Å². The van der Waals surface area contributed by atoms with Gasteiger partial charge in [-0.25, -0.2) is 9.97 Å². The zero-order valence-corrected chi connectivity index (χ0v) is 12.8. The molecular weight excluding hydrogens is 302 g/mol. The zero-order chi connectivity index (χ0) is 16.5. The minimum atomic E-state index is 0.845. The molecule has 1 N–H and O–H groups in total. The number of aromatic nitrogens is 5. The summed E-state index contributed by atoms with van der Waals surface area (Å²) in [7, 11) is 0. The van der Waals surface area contributed by atoms with Gasteiger partial charge in [-0.3, -0.25) is 9.97 Å². The fourth-order valence-corrected chi connectivity index (χ4v) is 1.93. The number of benzene rings is 2. The maximum absolute atomic E-state index is 5.01. The Morgan fingerprint density at radius 3 is 1.92 bits per heavy atom. The molecule has 2 aromatic carbocycles. The molecule has 0 saturated heterocycles. The normalized spacial score (nSPS) is 9.67. The molecule has 0 saturated carbocycles. The first-order chi connectivity index (χ1) is 11.9. The minimum absolute atomic E-state index is 0.845. The van der Waals surface area contributed by atoms with Crippen LogP contribution in [0.3, 0.4) is 0 Å². The molecule has 6 nitrogen and oxygen atoms in total. The topological polar surface area (TPSA) is 80.5 Å². The van der Waals surface area contributed by atoms with Crippen LogP contribution in [0.1, 0.15) is 0 Å². The fraction of sp³-hybridized carbons (Fsp3) is 0. The van der Waals surface area contributed by atoms with E-state index >= 15 is 0 Å². The third kappa shape index (κ3) is 4.23.